The van der Waals surface area contributed by atoms with E-state index < -0.39 is 0 Å². The summed E-state index contributed by atoms with van der Waals surface area (Å²) >= 11 is 3.28. The van der Waals surface area contributed by atoms with Gasteiger partial charge in [0.1, 0.15) is 5.69 Å². The Bertz CT molecular complexity index is 433. The number of nitrogens with zero attached hydrogens (tertiary/aromatic N) is 2. The van der Waals surface area contributed by atoms with Crippen molar-refractivity contribution in [2.45, 2.75) is 19.8 Å². The predicted molar refractivity (Wildman–Crippen MR) is 71.4 cm³/mol. The maximum atomic E-state index is 11.1. The second kappa shape index (κ2) is 5.04. The van der Waals surface area contributed by atoms with Gasteiger partial charge in [-0.2, -0.15) is 0 Å². The molecule has 5 heteroatoms. The highest BCUT2D eigenvalue weighted by Gasteiger charge is 2.27. The van der Waals surface area contributed by atoms with Crippen molar-refractivity contribution in [1.82, 2.24) is 0 Å². The fraction of sp³-hybridized carbons (Fsp3) is 0.500. The van der Waals surface area contributed by atoms with Crippen molar-refractivity contribution >= 4 is 27.3 Å². The van der Waals surface area contributed by atoms with Crippen molar-refractivity contribution in [1.29, 1.82) is 0 Å². The molecule has 1 fully saturated rings. The lowest BCUT2D eigenvalue weighted by atomic mass is 10.2. The first-order valence-electron chi connectivity index (χ1n) is 5.80. The molecule has 0 amide bonds. The SMILES string of the molecule is CCN(CC1CC1)c1ccc(Br)cc1[N+](=O)[O-]. The number of benzene rings is 1. The van der Waals surface area contributed by atoms with Gasteiger partial charge < -0.3 is 4.90 Å². The van der Waals surface area contributed by atoms with E-state index >= 15 is 0 Å². The van der Waals surface area contributed by atoms with Gasteiger partial charge in [0, 0.05) is 23.6 Å². The normalized spacial score (nSPS) is 14.7. The summed E-state index contributed by atoms with van der Waals surface area (Å²) in [5.74, 6) is 0.721. The summed E-state index contributed by atoms with van der Waals surface area (Å²) < 4.78 is 0.746. The van der Waals surface area contributed by atoms with Crippen LogP contribution in [0, 0.1) is 16.0 Å². The third kappa shape index (κ3) is 2.97. The van der Waals surface area contributed by atoms with Crippen molar-refractivity contribution < 1.29 is 4.92 Å². The van der Waals surface area contributed by atoms with Crippen LogP contribution >= 0.6 is 15.9 Å². The summed E-state index contributed by atoms with van der Waals surface area (Å²) in [6.45, 7) is 3.77. The Balaban J connectivity index is 2.30. The lowest BCUT2D eigenvalue weighted by molar-refractivity contribution is -0.384. The van der Waals surface area contributed by atoms with Crippen LogP contribution in [0.2, 0.25) is 0 Å². The molecule has 1 aliphatic rings. The third-order valence-corrected chi connectivity index (χ3v) is 3.53. The highest BCUT2D eigenvalue weighted by atomic mass is 79.9. The number of anilines is 1. The summed E-state index contributed by atoms with van der Waals surface area (Å²) in [5, 5.41) is 11.1. The monoisotopic (exact) mass is 298 g/mol. The molecular formula is C12H15BrN2O2. The zero-order valence-electron chi connectivity index (χ0n) is 9.73. The van der Waals surface area contributed by atoms with E-state index in [4.69, 9.17) is 0 Å². The van der Waals surface area contributed by atoms with Gasteiger partial charge in [0.15, 0.2) is 0 Å². The van der Waals surface area contributed by atoms with Gasteiger partial charge >= 0.3 is 0 Å². The van der Waals surface area contributed by atoms with Crippen LogP contribution in [0.4, 0.5) is 11.4 Å². The summed E-state index contributed by atoms with van der Waals surface area (Å²) in [7, 11) is 0. The van der Waals surface area contributed by atoms with E-state index in [1.54, 1.807) is 6.07 Å². The van der Waals surface area contributed by atoms with Crippen LogP contribution in [0.1, 0.15) is 19.8 Å². The molecule has 0 atom stereocenters. The van der Waals surface area contributed by atoms with E-state index in [2.05, 4.69) is 20.8 Å². The molecule has 0 radical (unpaired) electrons. The fourth-order valence-electron chi connectivity index (χ4n) is 1.92. The largest absolute Gasteiger partial charge is 0.366 e. The van der Waals surface area contributed by atoms with Crippen molar-refractivity contribution in [3.63, 3.8) is 0 Å². The first-order chi connectivity index (χ1) is 8.11. The van der Waals surface area contributed by atoms with Gasteiger partial charge in [0.05, 0.1) is 4.92 Å². The number of rotatable bonds is 5. The van der Waals surface area contributed by atoms with Crippen LogP contribution in [0.5, 0.6) is 0 Å². The Morgan fingerprint density at radius 3 is 2.76 bits per heavy atom. The average molecular weight is 299 g/mol. The molecule has 1 aliphatic carbocycles. The Hall–Kier alpha value is -1.10. The maximum Gasteiger partial charge on any atom is 0.293 e. The van der Waals surface area contributed by atoms with Gasteiger partial charge in [-0.15, -0.1) is 0 Å². The third-order valence-electron chi connectivity index (χ3n) is 3.03. The molecule has 2 rings (SSSR count). The Morgan fingerprint density at radius 1 is 1.53 bits per heavy atom. The molecular weight excluding hydrogens is 284 g/mol. The van der Waals surface area contributed by atoms with Crippen molar-refractivity contribution in [3.05, 3.63) is 32.8 Å². The van der Waals surface area contributed by atoms with Crippen LogP contribution in [0.25, 0.3) is 0 Å². The molecule has 0 N–H and O–H groups in total. The Morgan fingerprint density at radius 2 is 2.24 bits per heavy atom. The van der Waals surface area contributed by atoms with E-state index in [1.165, 1.54) is 12.8 Å². The quantitative estimate of drug-likeness (QED) is 0.616. The minimum absolute atomic E-state index is 0.182. The molecule has 1 aromatic carbocycles. The molecule has 4 nitrogen and oxygen atoms in total. The van der Waals surface area contributed by atoms with Gasteiger partial charge in [0.25, 0.3) is 5.69 Å². The van der Waals surface area contributed by atoms with Crippen molar-refractivity contribution in [2.75, 3.05) is 18.0 Å². The minimum atomic E-state index is -0.310. The van der Waals surface area contributed by atoms with Crippen LogP contribution < -0.4 is 4.90 Å². The zero-order valence-corrected chi connectivity index (χ0v) is 11.3. The number of hydrogen-bond acceptors (Lipinski definition) is 3. The van der Waals surface area contributed by atoms with Gasteiger partial charge in [-0.25, -0.2) is 0 Å². The first kappa shape index (κ1) is 12.4. The minimum Gasteiger partial charge on any atom is -0.366 e. The standard InChI is InChI=1S/C12H15BrN2O2/c1-2-14(8-9-3-4-9)11-6-5-10(13)7-12(11)15(16)17/h5-7,9H,2-4,8H2,1H3. The molecule has 0 heterocycles. The zero-order chi connectivity index (χ0) is 12.4. The lowest BCUT2D eigenvalue weighted by Crippen LogP contribution is -2.25. The summed E-state index contributed by atoms with van der Waals surface area (Å²) in [5.41, 5.74) is 0.912. The number of nitro groups is 1. The van der Waals surface area contributed by atoms with E-state index in [-0.39, 0.29) is 10.6 Å². The highest BCUT2D eigenvalue weighted by Crippen LogP contribution is 2.35. The molecule has 1 saturated carbocycles. The molecule has 17 heavy (non-hydrogen) atoms. The number of nitro benzene ring substituents is 1. The Kier molecular flexibility index (Phi) is 3.66. The van der Waals surface area contributed by atoms with E-state index in [1.807, 2.05) is 19.1 Å². The second-order valence-electron chi connectivity index (χ2n) is 4.37. The van der Waals surface area contributed by atoms with Gasteiger partial charge in [-0.3, -0.25) is 10.1 Å². The van der Waals surface area contributed by atoms with Crippen molar-refractivity contribution in [2.24, 2.45) is 5.92 Å². The fourth-order valence-corrected chi connectivity index (χ4v) is 2.27. The second-order valence-corrected chi connectivity index (χ2v) is 5.29. The van der Waals surface area contributed by atoms with Crippen LogP contribution in [0.15, 0.2) is 22.7 Å². The highest BCUT2D eigenvalue weighted by molar-refractivity contribution is 9.10. The number of hydrogen-bond donors (Lipinski definition) is 0. The van der Waals surface area contributed by atoms with Gasteiger partial charge in [-0.05, 0) is 37.8 Å². The first-order valence-corrected chi connectivity index (χ1v) is 6.60. The van der Waals surface area contributed by atoms with Gasteiger partial charge in [-0.1, -0.05) is 15.9 Å². The maximum absolute atomic E-state index is 11.1. The van der Waals surface area contributed by atoms with Crippen LogP contribution in [0.3, 0.4) is 0 Å². The predicted octanol–water partition coefficient (Wildman–Crippen LogP) is 3.59. The molecule has 0 bridgehead atoms. The Labute approximate surface area is 109 Å². The van der Waals surface area contributed by atoms with E-state index in [0.29, 0.717) is 0 Å². The molecule has 1 aromatic rings. The molecule has 92 valence electrons. The van der Waals surface area contributed by atoms with Crippen molar-refractivity contribution in [3.8, 4) is 0 Å². The summed E-state index contributed by atoms with van der Waals surface area (Å²) in [4.78, 5) is 12.8. The number of halogens is 1. The average Bonchev–Trinajstić information content (AvgIpc) is 3.10. The summed E-state index contributed by atoms with van der Waals surface area (Å²) in [6.07, 6.45) is 2.50. The van der Waals surface area contributed by atoms with Crippen LogP contribution in [-0.4, -0.2) is 18.0 Å². The van der Waals surface area contributed by atoms with E-state index in [9.17, 15) is 10.1 Å². The molecule has 0 saturated heterocycles. The summed E-state index contributed by atoms with van der Waals surface area (Å²) in [6, 6.07) is 5.26. The molecule has 0 spiro atoms. The molecule has 0 aliphatic heterocycles. The lowest BCUT2D eigenvalue weighted by Gasteiger charge is -2.22. The van der Waals surface area contributed by atoms with Gasteiger partial charge in [0.2, 0.25) is 0 Å². The topological polar surface area (TPSA) is 46.4 Å². The smallest absolute Gasteiger partial charge is 0.293 e. The molecule has 0 unspecified atom stereocenters. The van der Waals surface area contributed by atoms with E-state index in [0.717, 1.165) is 29.2 Å². The van der Waals surface area contributed by atoms with Crippen LogP contribution in [-0.2, 0) is 0 Å². The molecule has 0 aromatic heterocycles.